The number of quaternary nitrogens is 1. The molecule has 3 nitrogen and oxygen atoms in total. The van der Waals surface area contributed by atoms with Gasteiger partial charge in [0, 0.05) is 6.42 Å². The summed E-state index contributed by atoms with van der Waals surface area (Å²) in [5.74, 6) is 0.198. The van der Waals surface area contributed by atoms with E-state index in [1.807, 2.05) is 13.8 Å². The van der Waals surface area contributed by atoms with Crippen molar-refractivity contribution in [3.8, 4) is 0 Å². The van der Waals surface area contributed by atoms with Gasteiger partial charge in [0.2, 0.25) is 0 Å². The minimum absolute atomic E-state index is 0.0486. The summed E-state index contributed by atoms with van der Waals surface area (Å²) in [5, 5.41) is 0. The largest absolute Gasteiger partial charge is 0.369 e. The van der Waals surface area contributed by atoms with Gasteiger partial charge in [-0.2, -0.15) is 0 Å². The molecule has 1 atom stereocenters. The lowest BCUT2D eigenvalue weighted by atomic mass is 10.1. The lowest BCUT2D eigenvalue weighted by Crippen LogP contribution is -2.43. The third kappa shape index (κ3) is 8.20. The van der Waals surface area contributed by atoms with Crippen molar-refractivity contribution in [1.82, 2.24) is 0 Å². The predicted octanol–water partition coefficient (Wildman–Crippen LogP) is 1.47. The molecule has 0 N–H and O–H groups in total. The van der Waals surface area contributed by atoms with Crippen LogP contribution in [0.1, 0.15) is 27.2 Å². The van der Waals surface area contributed by atoms with E-state index in [4.69, 9.17) is 4.74 Å². The molecule has 0 bridgehead atoms. The first-order valence-corrected chi connectivity index (χ1v) is 5.16. The number of rotatable bonds is 6. The molecule has 84 valence electrons. The maximum atomic E-state index is 11.0. The molecule has 0 spiro atoms. The van der Waals surface area contributed by atoms with Crippen LogP contribution in [-0.2, 0) is 9.53 Å². The van der Waals surface area contributed by atoms with Crippen LogP contribution in [0.15, 0.2) is 0 Å². The van der Waals surface area contributed by atoms with Gasteiger partial charge in [0.1, 0.15) is 18.4 Å². The van der Waals surface area contributed by atoms with Crippen LogP contribution in [0.5, 0.6) is 0 Å². The van der Waals surface area contributed by atoms with Gasteiger partial charge < -0.3 is 9.22 Å². The van der Waals surface area contributed by atoms with E-state index in [9.17, 15) is 4.79 Å². The highest BCUT2D eigenvalue weighted by Crippen LogP contribution is 2.07. The van der Waals surface area contributed by atoms with Crippen LogP contribution < -0.4 is 0 Å². The van der Waals surface area contributed by atoms with Gasteiger partial charge in [0.15, 0.2) is 0 Å². The third-order valence-electron chi connectivity index (χ3n) is 1.73. The quantitative estimate of drug-likeness (QED) is 0.610. The SMILES string of the molecule is CC(=O)C[C@@H](C[N+](C)(C)C)OC(C)C. The zero-order valence-electron chi connectivity index (χ0n) is 10.3. The number of carbonyl (C=O) groups excluding carboxylic acids is 1. The van der Waals surface area contributed by atoms with E-state index in [1.54, 1.807) is 6.92 Å². The maximum absolute atomic E-state index is 11.0. The number of hydrogen-bond donors (Lipinski definition) is 0. The third-order valence-corrected chi connectivity index (χ3v) is 1.73. The normalized spacial score (nSPS) is 14.5. The van der Waals surface area contributed by atoms with Gasteiger partial charge in [0.05, 0.1) is 27.2 Å². The van der Waals surface area contributed by atoms with Crippen molar-refractivity contribution in [2.45, 2.75) is 39.4 Å². The number of hydrogen-bond acceptors (Lipinski definition) is 2. The first-order chi connectivity index (χ1) is 6.20. The highest BCUT2D eigenvalue weighted by Gasteiger charge is 2.21. The molecule has 0 heterocycles. The molecule has 0 saturated carbocycles. The van der Waals surface area contributed by atoms with Crippen LogP contribution in [0, 0.1) is 0 Å². The molecule has 0 aliphatic heterocycles. The summed E-state index contributed by atoms with van der Waals surface area (Å²) in [5.41, 5.74) is 0. The smallest absolute Gasteiger partial charge is 0.132 e. The Kier molecular flexibility index (Phi) is 5.31. The van der Waals surface area contributed by atoms with Gasteiger partial charge in [-0.05, 0) is 20.8 Å². The fourth-order valence-corrected chi connectivity index (χ4v) is 1.47. The van der Waals surface area contributed by atoms with Crippen LogP contribution in [-0.4, -0.2) is 50.2 Å². The van der Waals surface area contributed by atoms with Gasteiger partial charge in [-0.3, -0.25) is 4.79 Å². The molecule has 0 aromatic heterocycles. The molecule has 0 rings (SSSR count). The lowest BCUT2D eigenvalue weighted by molar-refractivity contribution is -0.873. The summed E-state index contributed by atoms with van der Waals surface area (Å²) in [6.45, 7) is 6.50. The summed E-state index contributed by atoms with van der Waals surface area (Å²) in [6, 6.07) is 0. The van der Waals surface area contributed by atoms with E-state index in [0.717, 1.165) is 11.0 Å². The molecule has 0 aromatic carbocycles. The minimum atomic E-state index is 0.0486. The van der Waals surface area contributed by atoms with Gasteiger partial charge >= 0.3 is 0 Å². The van der Waals surface area contributed by atoms with Crippen LogP contribution >= 0.6 is 0 Å². The summed E-state index contributed by atoms with van der Waals surface area (Å²) in [4.78, 5) is 11.0. The summed E-state index contributed by atoms with van der Waals surface area (Å²) >= 11 is 0. The Labute approximate surface area is 87.6 Å². The van der Waals surface area contributed by atoms with E-state index < -0.39 is 0 Å². The maximum Gasteiger partial charge on any atom is 0.132 e. The van der Waals surface area contributed by atoms with Crippen molar-refractivity contribution in [2.75, 3.05) is 27.7 Å². The Hall–Kier alpha value is -0.410. The molecule has 0 radical (unpaired) electrons. The molecule has 0 fully saturated rings. The zero-order valence-corrected chi connectivity index (χ0v) is 10.3. The number of carbonyl (C=O) groups is 1. The highest BCUT2D eigenvalue weighted by molar-refractivity contribution is 5.75. The molecule has 3 heteroatoms. The van der Waals surface area contributed by atoms with E-state index in [1.165, 1.54) is 0 Å². The average molecular weight is 202 g/mol. The van der Waals surface area contributed by atoms with Crippen LogP contribution in [0.3, 0.4) is 0 Å². The average Bonchev–Trinajstić information content (AvgIpc) is 1.77. The van der Waals surface area contributed by atoms with Crippen molar-refractivity contribution in [3.05, 3.63) is 0 Å². The van der Waals surface area contributed by atoms with Crippen molar-refractivity contribution in [3.63, 3.8) is 0 Å². The number of nitrogens with zero attached hydrogens (tertiary/aromatic N) is 1. The van der Waals surface area contributed by atoms with Crippen molar-refractivity contribution in [2.24, 2.45) is 0 Å². The molecule has 0 aromatic rings. The van der Waals surface area contributed by atoms with E-state index in [2.05, 4.69) is 21.1 Å². The van der Waals surface area contributed by atoms with E-state index >= 15 is 0 Å². The number of Topliss-reactive ketones (excluding diaryl/α,β-unsaturated/α-hetero) is 1. The van der Waals surface area contributed by atoms with Crippen molar-refractivity contribution < 1.29 is 14.0 Å². The van der Waals surface area contributed by atoms with Gasteiger partial charge in [-0.1, -0.05) is 0 Å². The lowest BCUT2D eigenvalue weighted by Gasteiger charge is -2.29. The molecule has 14 heavy (non-hydrogen) atoms. The number of ketones is 1. The van der Waals surface area contributed by atoms with Gasteiger partial charge in [0.25, 0.3) is 0 Å². The monoisotopic (exact) mass is 202 g/mol. The second kappa shape index (κ2) is 5.47. The molecule has 0 unspecified atom stereocenters. The van der Waals surface area contributed by atoms with Crippen molar-refractivity contribution in [1.29, 1.82) is 0 Å². The summed E-state index contributed by atoms with van der Waals surface area (Å²) in [7, 11) is 6.32. The topological polar surface area (TPSA) is 26.3 Å². The van der Waals surface area contributed by atoms with Crippen LogP contribution in [0.4, 0.5) is 0 Å². The first kappa shape index (κ1) is 13.6. The van der Waals surface area contributed by atoms with Gasteiger partial charge in [-0.15, -0.1) is 0 Å². The van der Waals surface area contributed by atoms with E-state index in [-0.39, 0.29) is 18.0 Å². The second-order valence-corrected chi connectivity index (χ2v) is 5.19. The summed E-state index contributed by atoms with van der Waals surface area (Å²) < 4.78 is 6.52. The van der Waals surface area contributed by atoms with Crippen LogP contribution in [0.2, 0.25) is 0 Å². The fraction of sp³-hybridized carbons (Fsp3) is 0.909. The Balaban J connectivity index is 4.17. The Morgan fingerprint density at radius 2 is 1.79 bits per heavy atom. The van der Waals surface area contributed by atoms with Gasteiger partial charge in [-0.25, -0.2) is 0 Å². The van der Waals surface area contributed by atoms with E-state index in [0.29, 0.717) is 6.42 Å². The fourth-order valence-electron chi connectivity index (χ4n) is 1.47. The molecule has 0 aliphatic carbocycles. The predicted molar refractivity (Wildman–Crippen MR) is 58.2 cm³/mol. The Morgan fingerprint density at radius 1 is 1.29 bits per heavy atom. The van der Waals surface area contributed by atoms with Crippen LogP contribution in [0.25, 0.3) is 0 Å². The Bertz CT molecular complexity index is 182. The molecule has 0 aliphatic rings. The number of likely N-dealkylation sites (N-methyl/N-ethyl adjacent to an activating group) is 1. The molecular weight excluding hydrogens is 178 g/mol. The molecule has 0 saturated heterocycles. The molecule has 0 amide bonds. The molecular formula is C11H24NO2+. The number of ether oxygens (including phenoxy) is 1. The summed E-state index contributed by atoms with van der Waals surface area (Å²) in [6.07, 6.45) is 0.756. The first-order valence-electron chi connectivity index (χ1n) is 5.16. The minimum Gasteiger partial charge on any atom is -0.369 e. The van der Waals surface area contributed by atoms with Crippen molar-refractivity contribution >= 4 is 5.78 Å². The highest BCUT2D eigenvalue weighted by atomic mass is 16.5. The second-order valence-electron chi connectivity index (χ2n) is 5.19. The zero-order chi connectivity index (χ0) is 11.4. The standard InChI is InChI=1S/C11H24NO2/c1-9(2)14-11(7-10(3)13)8-12(4,5)6/h9,11H,7-8H2,1-6H3/q+1/t11-/m0/s1. The Morgan fingerprint density at radius 3 is 2.07 bits per heavy atom.